The lowest BCUT2D eigenvalue weighted by Crippen LogP contribution is -2.33. The molecule has 0 saturated carbocycles. The number of aliphatic hydroxyl groups excluding tert-OH is 1. The first kappa shape index (κ1) is 19.8. The number of halogens is 1. The molecule has 0 saturated heterocycles. The molecule has 5 heteroatoms. The third kappa shape index (κ3) is 5.06. The highest BCUT2D eigenvalue weighted by Crippen LogP contribution is 2.32. The highest BCUT2D eigenvalue weighted by molar-refractivity contribution is 5.31. The van der Waals surface area contributed by atoms with Gasteiger partial charge in [0.25, 0.3) is 0 Å². The summed E-state index contributed by atoms with van der Waals surface area (Å²) in [5.74, 6) is -0.157. The summed E-state index contributed by atoms with van der Waals surface area (Å²) >= 11 is 0. The summed E-state index contributed by atoms with van der Waals surface area (Å²) in [5.41, 5.74) is 3.39. The van der Waals surface area contributed by atoms with Gasteiger partial charge in [0.2, 0.25) is 0 Å². The van der Waals surface area contributed by atoms with E-state index >= 15 is 0 Å². The summed E-state index contributed by atoms with van der Waals surface area (Å²) in [6.45, 7) is 2.59. The molecule has 27 heavy (non-hydrogen) atoms. The van der Waals surface area contributed by atoms with E-state index < -0.39 is 6.10 Å². The zero-order chi connectivity index (χ0) is 19.2. The van der Waals surface area contributed by atoms with Gasteiger partial charge in [-0.05, 0) is 55.0 Å². The maximum atomic E-state index is 13.8. The Bertz CT molecular complexity index is 752. The number of rotatable bonds is 8. The van der Waals surface area contributed by atoms with Gasteiger partial charge in [0.15, 0.2) is 11.6 Å². The third-order valence-corrected chi connectivity index (χ3v) is 5.14. The number of methoxy groups -OCH3 is 1. The van der Waals surface area contributed by atoms with Gasteiger partial charge in [-0.3, -0.25) is 0 Å². The Kier molecular flexibility index (Phi) is 6.83. The van der Waals surface area contributed by atoms with Crippen molar-refractivity contribution in [3.05, 3.63) is 65.0 Å². The van der Waals surface area contributed by atoms with Gasteiger partial charge in [-0.25, -0.2) is 4.39 Å². The minimum absolute atomic E-state index is 0.0534. The van der Waals surface area contributed by atoms with Crippen molar-refractivity contribution in [1.29, 1.82) is 0 Å². The van der Waals surface area contributed by atoms with Crippen molar-refractivity contribution in [3.8, 4) is 5.75 Å². The second-order valence-electron chi connectivity index (χ2n) is 7.09. The van der Waals surface area contributed by atoms with Gasteiger partial charge in [-0.15, -0.1) is 0 Å². The predicted octanol–water partition coefficient (Wildman–Crippen LogP) is 3.94. The van der Waals surface area contributed by atoms with Crippen LogP contribution in [0.5, 0.6) is 5.75 Å². The third-order valence-electron chi connectivity index (χ3n) is 5.14. The van der Waals surface area contributed by atoms with Gasteiger partial charge in [-0.2, -0.15) is 0 Å². The first-order valence-corrected chi connectivity index (χ1v) is 9.52. The summed E-state index contributed by atoms with van der Waals surface area (Å²) in [6, 6.07) is 13.2. The van der Waals surface area contributed by atoms with Crippen molar-refractivity contribution in [2.24, 2.45) is 0 Å². The predicted molar refractivity (Wildman–Crippen MR) is 103 cm³/mol. The number of aryl methyl sites for hydroxylation is 1. The SMILES string of the molecule is COc1ccc([C@H](C)NC[C@@H](O)CO[C@@H]2CCCc3ccccc32)cc1F. The molecule has 0 aliphatic heterocycles. The number of nitrogens with one attached hydrogen (secondary N) is 1. The molecule has 0 bridgehead atoms. The van der Waals surface area contributed by atoms with Gasteiger partial charge in [-0.1, -0.05) is 30.3 Å². The Morgan fingerprint density at radius 2 is 2.07 bits per heavy atom. The van der Waals surface area contributed by atoms with Crippen LogP contribution in [0.3, 0.4) is 0 Å². The number of fused-ring (bicyclic) bond motifs is 1. The van der Waals surface area contributed by atoms with Gasteiger partial charge in [0, 0.05) is 12.6 Å². The largest absolute Gasteiger partial charge is 0.494 e. The van der Waals surface area contributed by atoms with Crippen LogP contribution < -0.4 is 10.1 Å². The van der Waals surface area contributed by atoms with Crippen LogP contribution in [0.4, 0.5) is 4.39 Å². The van der Waals surface area contributed by atoms with Crippen molar-refractivity contribution in [2.45, 2.75) is 44.4 Å². The van der Waals surface area contributed by atoms with E-state index in [1.807, 2.05) is 19.1 Å². The van der Waals surface area contributed by atoms with E-state index in [0.717, 1.165) is 24.8 Å². The van der Waals surface area contributed by atoms with Crippen LogP contribution in [0.1, 0.15) is 48.6 Å². The lowest BCUT2D eigenvalue weighted by atomic mass is 9.89. The minimum atomic E-state index is -0.621. The molecule has 3 rings (SSSR count). The standard InChI is InChI=1S/C22H28FNO3/c1-15(17-10-11-22(26-2)20(23)12-17)24-13-18(25)14-27-21-9-5-7-16-6-3-4-8-19(16)21/h3-4,6,8,10-12,15,18,21,24-25H,5,7,9,13-14H2,1-2H3/t15-,18+,21+/m0/s1. The van der Waals surface area contributed by atoms with Crippen molar-refractivity contribution >= 4 is 0 Å². The Morgan fingerprint density at radius 3 is 2.85 bits per heavy atom. The lowest BCUT2D eigenvalue weighted by molar-refractivity contribution is -0.0173. The fourth-order valence-corrected chi connectivity index (χ4v) is 3.55. The number of aliphatic hydroxyl groups is 1. The Labute approximate surface area is 160 Å². The molecule has 1 aliphatic rings. The fourth-order valence-electron chi connectivity index (χ4n) is 3.55. The van der Waals surface area contributed by atoms with Crippen molar-refractivity contribution in [2.75, 3.05) is 20.3 Å². The van der Waals surface area contributed by atoms with Crippen molar-refractivity contribution in [3.63, 3.8) is 0 Å². The monoisotopic (exact) mass is 373 g/mol. The van der Waals surface area contributed by atoms with E-state index in [1.165, 1.54) is 24.3 Å². The quantitative estimate of drug-likeness (QED) is 0.736. The molecular weight excluding hydrogens is 345 g/mol. The summed E-state index contributed by atoms with van der Waals surface area (Å²) in [7, 11) is 1.45. The molecule has 0 fully saturated rings. The molecular formula is C22H28FNO3. The Balaban J connectivity index is 1.47. The molecule has 3 atom stereocenters. The van der Waals surface area contributed by atoms with Crippen LogP contribution in [0.15, 0.2) is 42.5 Å². The molecule has 0 radical (unpaired) electrons. The number of ether oxygens (including phenoxy) is 2. The van der Waals surface area contributed by atoms with Gasteiger partial charge < -0.3 is 19.9 Å². The van der Waals surface area contributed by atoms with Gasteiger partial charge in [0.1, 0.15) is 0 Å². The molecule has 2 aromatic carbocycles. The molecule has 146 valence electrons. The van der Waals surface area contributed by atoms with E-state index in [2.05, 4.69) is 23.5 Å². The Hall–Kier alpha value is -1.95. The van der Waals surface area contributed by atoms with Crippen LogP contribution in [0.25, 0.3) is 0 Å². The zero-order valence-corrected chi connectivity index (χ0v) is 16.0. The number of hydrogen-bond acceptors (Lipinski definition) is 4. The number of hydrogen-bond donors (Lipinski definition) is 2. The maximum Gasteiger partial charge on any atom is 0.165 e. The summed E-state index contributed by atoms with van der Waals surface area (Å²) < 4.78 is 24.8. The summed E-state index contributed by atoms with van der Waals surface area (Å²) in [5, 5.41) is 13.5. The van der Waals surface area contributed by atoms with Crippen LogP contribution in [-0.4, -0.2) is 31.5 Å². The van der Waals surface area contributed by atoms with Crippen LogP contribution >= 0.6 is 0 Å². The van der Waals surface area contributed by atoms with Crippen molar-refractivity contribution < 1.29 is 19.0 Å². The second kappa shape index (κ2) is 9.31. The fraction of sp³-hybridized carbons (Fsp3) is 0.455. The van der Waals surface area contributed by atoms with E-state index in [4.69, 9.17) is 9.47 Å². The summed E-state index contributed by atoms with van der Waals surface area (Å²) in [6.07, 6.45) is 2.62. The molecule has 0 heterocycles. The molecule has 2 N–H and O–H groups in total. The highest BCUT2D eigenvalue weighted by Gasteiger charge is 2.21. The average molecular weight is 373 g/mol. The maximum absolute atomic E-state index is 13.8. The number of benzene rings is 2. The lowest BCUT2D eigenvalue weighted by Gasteiger charge is -2.27. The van der Waals surface area contributed by atoms with Crippen LogP contribution in [0, 0.1) is 5.82 Å². The van der Waals surface area contributed by atoms with E-state index in [0.29, 0.717) is 6.54 Å². The summed E-state index contributed by atoms with van der Waals surface area (Å²) in [4.78, 5) is 0. The molecule has 0 spiro atoms. The van der Waals surface area contributed by atoms with E-state index in [1.54, 1.807) is 6.07 Å². The smallest absolute Gasteiger partial charge is 0.165 e. The van der Waals surface area contributed by atoms with E-state index in [9.17, 15) is 9.50 Å². The first-order chi connectivity index (χ1) is 13.1. The average Bonchev–Trinajstić information content (AvgIpc) is 2.70. The van der Waals surface area contributed by atoms with E-state index in [-0.39, 0.29) is 30.3 Å². The zero-order valence-electron chi connectivity index (χ0n) is 16.0. The Morgan fingerprint density at radius 1 is 1.26 bits per heavy atom. The molecule has 0 amide bonds. The molecule has 0 unspecified atom stereocenters. The second-order valence-corrected chi connectivity index (χ2v) is 7.09. The van der Waals surface area contributed by atoms with Gasteiger partial charge in [0.05, 0.1) is 25.9 Å². The topological polar surface area (TPSA) is 50.7 Å². The molecule has 1 aliphatic carbocycles. The van der Waals surface area contributed by atoms with Crippen molar-refractivity contribution in [1.82, 2.24) is 5.32 Å². The first-order valence-electron chi connectivity index (χ1n) is 9.52. The van der Waals surface area contributed by atoms with Crippen LogP contribution in [0.2, 0.25) is 0 Å². The normalized spacial score (nSPS) is 18.6. The molecule has 0 aromatic heterocycles. The van der Waals surface area contributed by atoms with Crippen LogP contribution in [-0.2, 0) is 11.2 Å². The highest BCUT2D eigenvalue weighted by atomic mass is 19.1. The van der Waals surface area contributed by atoms with Gasteiger partial charge >= 0.3 is 0 Å². The molecule has 2 aromatic rings. The minimum Gasteiger partial charge on any atom is -0.494 e. The molecule has 4 nitrogen and oxygen atoms in total.